The van der Waals surface area contributed by atoms with Crippen LogP contribution >= 0.6 is 0 Å². The third-order valence-electron chi connectivity index (χ3n) is 6.17. The second kappa shape index (κ2) is 8.80. The van der Waals surface area contributed by atoms with Gasteiger partial charge in [-0.1, -0.05) is 30.3 Å². The van der Waals surface area contributed by atoms with Crippen LogP contribution in [0.3, 0.4) is 0 Å². The van der Waals surface area contributed by atoms with Crippen molar-refractivity contribution in [3.05, 3.63) is 98.5 Å². The number of rotatable bonds is 5. The van der Waals surface area contributed by atoms with E-state index in [0.717, 1.165) is 30.6 Å². The van der Waals surface area contributed by atoms with Crippen molar-refractivity contribution in [2.75, 3.05) is 11.4 Å². The summed E-state index contributed by atoms with van der Waals surface area (Å²) >= 11 is 0. The van der Waals surface area contributed by atoms with E-state index >= 15 is 0 Å². The fourth-order valence-corrected chi connectivity index (χ4v) is 4.45. The third-order valence-corrected chi connectivity index (χ3v) is 6.17. The number of hydrogen-bond acceptors (Lipinski definition) is 3. The topological polar surface area (TPSA) is 65.2 Å². The maximum Gasteiger partial charge on any atom is 0.253 e. The smallest absolute Gasteiger partial charge is 0.253 e. The highest BCUT2D eigenvalue weighted by atomic mass is 16.1. The lowest BCUT2D eigenvalue weighted by Crippen LogP contribution is -2.32. The quantitative estimate of drug-likeness (QED) is 0.648. The number of amides is 1. The molecule has 0 fully saturated rings. The van der Waals surface area contributed by atoms with Crippen molar-refractivity contribution in [2.45, 2.75) is 46.2 Å². The normalized spacial score (nSPS) is 14.1. The van der Waals surface area contributed by atoms with Crippen LogP contribution in [-0.4, -0.2) is 17.4 Å². The number of benzene rings is 2. The van der Waals surface area contributed by atoms with Crippen LogP contribution in [0, 0.1) is 13.8 Å². The van der Waals surface area contributed by atoms with Gasteiger partial charge in [0.05, 0.1) is 6.04 Å². The van der Waals surface area contributed by atoms with E-state index in [0.29, 0.717) is 11.1 Å². The van der Waals surface area contributed by atoms with E-state index < -0.39 is 0 Å². The largest absolute Gasteiger partial charge is 0.365 e. The zero-order valence-electron chi connectivity index (χ0n) is 18.4. The van der Waals surface area contributed by atoms with Gasteiger partial charge in [0.15, 0.2) is 0 Å². The fourth-order valence-electron chi connectivity index (χ4n) is 4.45. The summed E-state index contributed by atoms with van der Waals surface area (Å²) in [5.41, 5.74) is 6.48. The van der Waals surface area contributed by atoms with Gasteiger partial charge in [-0.05, 0) is 74.6 Å². The number of H-pyrrole nitrogens is 1. The molecule has 0 saturated carbocycles. The number of anilines is 1. The van der Waals surface area contributed by atoms with Crippen molar-refractivity contribution < 1.29 is 4.79 Å². The minimum atomic E-state index is -0.157. The highest BCUT2D eigenvalue weighted by Crippen LogP contribution is 2.34. The number of nitrogens with zero attached hydrogens (tertiary/aromatic N) is 1. The molecule has 0 aliphatic carbocycles. The highest BCUT2D eigenvalue weighted by molar-refractivity contribution is 5.95. The molecule has 0 bridgehead atoms. The van der Waals surface area contributed by atoms with Gasteiger partial charge in [0.1, 0.15) is 0 Å². The molecule has 1 amide bonds. The molecule has 3 aromatic rings. The summed E-state index contributed by atoms with van der Waals surface area (Å²) in [7, 11) is 0. The van der Waals surface area contributed by atoms with Gasteiger partial charge in [-0.15, -0.1) is 0 Å². The summed E-state index contributed by atoms with van der Waals surface area (Å²) in [4.78, 5) is 30.2. The minimum Gasteiger partial charge on any atom is -0.365 e. The Bertz CT molecular complexity index is 1150. The Hall–Kier alpha value is -3.34. The van der Waals surface area contributed by atoms with Crippen LogP contribution in [0.1, 0.15) is 57.7 Å². The first-order valence-electron chi connectivity index (χ1n) is 10.9. The van der Waals surface area contributed by atoms with Crippen molar-refractivity contribution in [1.82, 2.24) is 10.3 Å². The second-order valence-corrected chi connectivity index (χ2v) is 8.35. The maximum absolute atomic E-state index is 12.8. The number of fused-ring (bicyclic) bond motifs is 1. The molecule has 1 aliphatic heterocycles. The molecule has 5 heteroatoms. The number of hydrogen-bond donors (Lipinski definition) is 2. The molecule has 0 spiro atoms. The van der Waals surface area contributed by atoms with Crippen molar-refractivity contribution in [1.29, 1.82) is 0 Å². The highest BCUT2D eigenvalue weighted by Gasteiger charge is 2.23. The maximum atomic E-state index is 12.8. The van der Waals surface area contributed by atoms with E-state index in [2.05, 4.69) is 52.5 Å². The standard InChI is InChI=1S/C26H29N3O2/c1-17-14-18(2)28-26(31)23(17)16-27-25(30)22-11-12-24-21(15-22)10-7-13-29(24)19(3)20-8-5-4-6-9-20/h4-6,8-9,11-12,14-15,19H,7,10,13,16H2,1-3H3,(H,27,30)(H,28,31). The van der Waals surface area contributed by atoms with E-state index in [4.69, 9.17) is 0 Å². The predicted molar refractivity (Wildman–Crippen MR) is 125 cm³/mol. The van der Waals surface area contributed by atoms with E-state index in [9.17, 15) is 9.59 Å². The summed E-state index contributed by atoms with van der Waals surface area (Å²) in [5, 5.41) is 2.91. The Morgan fingerprint density at radius 3 is 2.65 bits per heavy atom. The fraction of sp³-hybridized carbons (Fsp3) is 0.308. The Morgan fingerprint density at radius 2 is 1.90 bits per heavy atom. The molecular weight excluding hydrogens is 386 g/mol. The zero-order chi connectivity index (χ0) is 22.0. The second-order valence-electron chi connectivity index (χ2n) is 8.35. The first kappa shape index (κ1) is 20.9. The molecule has 1 aromatic heterocycles. The number of aromatic nitrogens is 1. The number of nitrogens with one attached hydrogen (secondary N) is 2. The molecule has 1 unspecified atom stereocenters. The number of aromatic amines is 1. The van der Waals surface area contributed by atoms with E-state index in [1.807, 2.05) is 38.1 Å². The van der Waals surface area contributed by atoms with Gasteiger partial charge < -0.3 is 15.2 Å². The lowest BCUT2D eigenvalue weighted by atomic mass is 9.96. The summed E-state index contributed by atoms with van der Waals surface area (Å²) < 4.78 is 0. The SMILES string of the molecule is Cc1cc(C)c(CNC(=O)c2ccc3c(c2)CCCN3C(C)c2ccccc2)c(=O)[nH]1. The number of carbonyl (C=O) groups excluding carboxylic acids is 1. The minimum absolute atomic E-state index is 0.145. The Morgan fingerprint density at radius 1 is 1.13 bits per heavy atom. The molecule has 0 radical (unpaired) electrons. The predicted octanol–water partition coefficient (Wildman–Crippen LogP) is 4.44. The Kier molecular flexibility index (Phi) is 5.94. The van der Waals surface area contributed by atoms with Gasteiger partial charge in [-0.25, -0.2) is 0 Å². The lowest BCUT2D eigenvalue weighted by molar-refractivity contribution is 0.0950. The number of carbonyl (C=O) groups is 1. The van der Waals surface area contributed by atoms with Crippen LogP contribution in [0.5, 0.6) is 0 Å². The monoisotopic (exact) mass is 415 g/mol. The Labute approximate surface area is 183 Å². The van der Waals surface area contributed by atoms with E-state index in [1.54, 1.807) is 0 Å². The van der Waals surface area contributed by atoms with Crippen molar-refractivity contribution in [3.8, 4) is 0 Å². The molecule has 31 heavy (non-hydrogen) atoms. The van der Waals surface area contributed by atoms with Crippen molar-refractivity contribution in [2.24, 2.45) is 0 Å². The molecule has 4 rings (SSSR count). The average molecular weight is 416 g/mol. The van der Waals surface area contributed by atoms with Gasteiger partial charge in [-0.2, -0.15) is 0 Å². The van der Waals surface area contributed by atoms with Crippen LogP contribution in [0.15, 0.2) is 59.4 Å². The average Bonchev–Trinajstić information content (AvgIpc) is 2.77. The Balaban J connectivity index is 1.51. The van der Waals surface area contributed by atoms with Crippen molar-refractivity contribution in [3.63, 3.8) is 0 Å². The van der Waals surface area contributed by atoms with Crippen LogP contribution in [0.2, 0.25) is 0 Å². The van der Waals surface area contributed by atoms with Crippen LogP contribution in [0.25, 0.3) is 0 Å². The van der Waals surface area contributed by atoms with E-state index in [-0.39, 0.29) is 24.1 Å². The molecule has 1 atom stereocenters. The van der Waals surface area contributed by atoms with Crippen LogP contribution < -0.4 is 15.8 Å². The third kappa shape index (κ3) is 4.41. The summed E-state index contributed by atoms with van der Waals surface area (Å²) in [5.74, 6) is -0.157. The molecule has 5 nitrogen and oxygen atoms in total. The number of pyridine rings is 1. The van der Waals surface area contributed by atoms with Gasteiger partial charge in [-0.3, -0.25) is 9.59 Å². The lowest BCUT2D eigenvalue weighted by Gasteiger charge is -2.36. The molecule has 2 aromatic carbocycles. The first-order chi connectivity index (χ1) is 14.9. The van der Waals surface area contributed by atoms with Gasteiger partial charge in [0.2, 0.25) is 0 Å². The molecule has 160 valence electrons. The summed E-state index contributed by atoms with van der Waals surface area (Å²) in [6, 6.07) is 18.7. The van der Waals surface area contributed by atoms with Gasteiger partial charge >= 0.3 is 0 Å². The van der Waals surface area contributed by atoms with Gasteiger partial charge in [0.25, 0.3) is 11.5 Å². The number of aryl methyl sites for hydroxylation is 3. The van der Waals surface area contributed by atoms with Crippen LogP contribution in [0.4, 0.5) is 5.69 Å². The molecule has 2 heterocycles. The molecule has 2 N–H and O–H groups in total. The summed E-state index contributed by atoms with van der Waals surface area (Å²) in [6.07, 6.45) is 2.03. The van der Waals surface area contributed by atoms with Gasteiger partial charge in [0, 0.05) is 35.6 Å². The molecule has 0 saturated heterocycles. The molecule has 1 aliphatic rings. The molecular formula is C26H29N3O2. The first-order valence-corrected chi connectivity index (χ1v) is 10.9. The zero-order valence-corrected chi connectivity index (χ0v) is 18.4. The van der Waals surface area contributed by atoms with E-state index in [1.165, 1.54) is 16.8 Å². The van der Waals surface area contributed by atoms with Crippen LogP contribution in [-0.2, 0) is 13.0 Å². The van der Waals surface area contributed by atoms with Crippen molar-refractivity contribution >= 4 is 11.6 Å². The summed E-state index contributed by atoms with van der Waals surface area (Å²) in [6.45, 7) is 7.20.